The molecule has 4 rings (SSSR count). The van der Waals surface area contributed by atoms with E-state index in [0.717, 1.165) is 16.7 Å². The highest BCUT2D eigenvalue weighted by atomic mass is 16.5. The average molecular weight is 460 g/mol. The van der Waals surface area contributed by atoms with Gasteiger partial charge >= 0.3 is 0 Å². The molecule has 0 heterocycles. The van der Waals surface area contributed by atoms with Crippen molar-refractivity contribution in [1.82, 2.24) is 5.32 Å². The molecule has 0 unspecified atom stereocenters. The van der Waals surface area contributed by atoms with Crippen LogP contribution in [-0.2, 0) is 24.1 Å². The topological polar surface area (TPSA) is 87.7 Å². The standard InChI is InChI=1S/C27H27NO5.CH3/c1-18-6-5-7-19(14-18)12-13-33-24-15-20(10-11-23(24)32-2)25(29)28-27(26(30)31)16-21-8-3-4-9-22(21)17-27;/h3-11,14-15H,12-13,16-17H2,1-2H3,(H,28,29)(H,30,31);1H3/q;+1/p-1. The van der Waals surface area contributed by atoms with Gasteiger partial charge in [-0.25, -0.2) is 0 Å². The van der Waals surface area contributed by atoms with Crippen LogP contribution in [0.25, 0.3) is 0 Å². The Morgan fingerprint density at radius 1 is 0.971 bits per heavy atom. The van der Waals surface area contributed by atoms with Crippen molar-refractivity contribution >= 4 is 11.9 Å². The van der Waals surface area contributed by atoms with Gasteiger partial charge in [0.1, 0.15) is 0 Å². The summed E-state index contributed by atoms with van der Waals surface area (Å²) in [5.41, 5.74) is 2.94. The maximum absolute atomic E-state index is 13.0. The molecular weight excluding hydrogens is 430 g/mol. The van der Waals surface area contributed by atoms with Crippen molar-refractivity contribution in [2.24, 2.45) is 0 Å². The fourth-order valence-corrected chi connectivity index (χ4v) is 4.27. The first-order valence-electron chi connectivity index (χ1n) is 10.9. The lowest BCUT2D eigenvalue weighted by atomic mass is 9.95. The first-order valence-corrected chi connectivity index (χ1v) is 10.9. The van der Waals surface area contributed by atoms with Crippen molar-refractivity contribution in [1.29, 1.82) is 0 Å². The maximum Gasteiger partial charge on any atom is 0.252 e. The summed E-state index contributed by atoms with van der Waals surface area (Å²) < 4.78 is 11.3. The first-order chi connectivity index (χ1) is 15.9. The number of benzene rings is 3. The molecule has 1 aliphatic rings. The van der Waals surface area contributed by atoms with Gasteiger partial charge in [-0.3, -0.25) is 4.79 Å². The van der Waals surface area contributed by atoms with Crippen molar-refractivity contribution in [2.75, 3.05) is 13.7 Å². The lowest BCUT2D eigenvalue weighted by Gasteiger charge is -2.31. The molecule has 6 nitrogen and oxygen atoms in total. The Kier molecular flexibility index (Phi) is 7.51. The van der Waals surface area contributed by atoms with Crippen LogP contribution in [-0.4, -0.2) is 31.1 Å². The van der Waals surface area contributed by atoms with Gasteiger partial charge < -0.3 is 24.7 Å². The Balaban J connectivity index is 0.00000324. The summed E-state index contributed by atoms with van der Waals surface area (Å²) in [6.07, 6.45) is 1.08. The van der Waals surface area contributed by atoms with Gasteiger partial charge in [0, 0.05) is 32.3 Å². The Hall–Kier alpha value is -3.93. The number of methoxy groups -OCH3 is 1. The minimum Gasteiger partial charge on any atom is -0.548 e. The zero-order chi connectivity index (χ0) is 23.4. The van der Waals surface area contributed by atoms with Crippen LogP contribution in [0.15, 0.2) is 66.7 Å². The second-order valence-corrected chi connectivity index (χ2v) is 8.40. The van der Waals surface area contributed by atoms with E-state index in [2.05, 4.69) is 11.4 Å². The molecule has 6 heteroatoms. The summed E-state index contributed by atoms with van der Waals surface area (Å²) in [5.74, 6) is -0.873. The lowest BCUT2D eigenvalue weighted by molar-refractivity contribution is -0.313. The third-order valence-electron chi connectivity index (χ3n) is 6.00. The van der Waals surface area contributed by atoms with Crippen molar-refractivity contribution in [3.05, 3.63) is 102 Å². The lowest BCUT2D eigenvalue weighted by Crippen LogP contribution is -2.60. The van der Waals surface area contributed by atoms with Crippen molar-refractivity contribution in [3.63, 3.8) is 0 Å². The van der Waals surface area contributed by atoms with E-state index >= 15 is 0 Å². The molecule has 0 radical (unpaired) electrons. The largest absolute Gasteiger partial charge is 0.548 e. The number of hydrogen-bond acceptors (Lipinski definition) is 5. The number of aryl methyl sites for hydroxylation is 1. The predicted molar refractivity (Wildman–Crippen MR) is 129 cm³/mol. The number of hydrogen-bond donors (Lipinski definition) is 1. The summed E-state index contributed by atoms with van der Waals surface area (Å²) in [6.45, 7) is 2.45. The number of rotatable bonds is 8. The van der Waals surface area contributed by atoms with Gasteiger partial charge in [-0.15, -0.1) is 0 Å². The van der Waals surface area contributed by atoms with E-state index in [1.54, 1.807) is 18.2 Å². The van der Waals surface area contributed by atoms with Gasteiger partial charge in [0.05, 0.1) is 25.2 Å². The molecule has 0 aromatic heterocycles. The molecule has 1 N–H and O–H groups in total. The van der Waals surface area contributed by atoms with E-state index in [0.29, 0.717) is 24.5 Å². The molecule has 34 heavy (non-hydrogen) atoms. The minimum atomic E-state index is -1.48. The number of amides is 1. The highest BCUT2D eigenvalue weighted by Gasteiger charge is 2.40. The van der Waals surface area contributed by atoms with Crippen LogP contribution in [0.2, 0.25) is 0 Å². The van der Waals surface area contributed by atoms with E-state index in [-0.39, 0.29) is 25.8 Å². The highest BCUT2D eigenvalue weighted by Crippen LogP contribution is 2.32. The van der Waals surface area contributed by atoms with E-state index in [1.807, 2.05) is 49.4 Å². The third kappa shape index (κ3) is 5.17. The molecule has 0 bridgehead atoms. The summed E-state index contributed by atoms with van der Waals surface area (Å²) in [6, 6.07) is 20.5. The second-order valence-electron chi connectivity index (χ2n) is 8.40. The number of ether oxygens (including phenoxy) is 2. The Morgan fingerprint density at radius 2 is 1.68 bits per heavy atom. The number of carboxylic acid groups (broad SMARTS) is 1. The maximum atomic E-state index is 13.0. The molecule has 0 atom stereocenters. The summed E-state index contributed by atoms with van der Waals surface area (Å²) in [5, 5.41) is 14.8. The van der Waals surface area contributed by atoms with Gasteiger partial charge in [0.2, 0.25) is 0 Å². The number of carbonyl (C=O) groups is 2. The quantitative estimate of drug-likeness (QED) is 0.523. The molecule has 0 saturated carbocycles. The second kappa shape index (κ2) is 10.3. The summed E-state index contributed by atoms with van der Waals surface area (Å²) in [4.78, 5) is 25.1. The molecule has 0 saturated heterocycles. The van der Waals surface area contributed by atoms with E-state index < -0.39 is 17.4 Å². The molecule has 1 aliphatic carbocycles. The fraction of sp³-hybridized carbons (Fsp3) is 0.250. The van der Waals surface area contributed by atoms with Crippen molar-refractivity contribution in [2.45, 2.75) is 31.7 Å². The monoisotopic (exact) mass is 459 g/mol. The van der Waals surface area contributed by atoms with Crippen LogP contribution < -0.4 is 19.9 Å². The van der Waals surface area contributed by atoms with Gasteiger partial charge in [0.15, 0.2) is 11.5 Å². The Labute approximate surface area is 200 Å². The third-order valence-corrected chi connectivity index (χ3v) is 6.00. The molecule has 0 spiro atoms. The number of carbonyl (C=O) groups excluding carboxylic acids is 2. The van der Waals surface area contributed by atoms with Crippen LogP contribution >= 0.6 is 0 Å². The zero-order valence-electron chi connectivity index (χ0n) is 19.7. The van der Waals surface area contributed by atoms with Crippen LogP contribution in [0.4, 0.5) is 0 Å². The van der Waals surface area contributed by atoms with E-state index in [9.17, 15) is 14.7 Å². The molecule has 0 fully saturated rings. The number of fused-ring (bicyclic) bond motifs is 1. The molecule has 3 aromatic carbocycles. The van der Waals surface area contributed by atoms with Gasteiger partial charge in [0.25, 0.3) is 5.91 Å². The van der Waals surface area contributed by atoms with Gasteiger partial charge in [-0.2, -0.15) is 0 Å². The Morgan fingerprint density at radius 3 is 2.29 bits per heavy atom. The van der Waals surface area contributed by atoms with Crippen LogP contribution in [0.3, 0.4) is 0 Å². The van der Waals surface area contributed by atoms with E-state index in [4.69, 9.17) is 9.47 Å². The molecule has 176 valence electrons. The molecular formula is C28H29NO5. The van der Waals surface area contributed by atoms with Crippen molar-refractivity contribution < 1.29 is 24.2 Å². The number of nitrogens with one attached hydrogen (secondary N) is 1. The number of aliphatic carboxylic acids is 1. The summed E-state index contributed by atoms with van der Waals surface area (Å²) in [7, 11) is 1.53. The SMILES string of the molecule is COc1ccc(C(=O)NC2(C(=O)[O-])Cc3ccccc3C2)cc1OCCc1cccc(C)c1.[CH3+]. The van der Waals surface area contributed by atoms with Crippen LogP contribution in [0.5, 0.6) is 11.5 Å². The first kappa shape index (κ1) is 24.7. The summed E-state index contributed by atoms with van der Waals surface area (Å²) >= 11 is 0. The highest BCUT2D eigenvalue weighted by molar-refractivity contribution is 5.98. The van der Waals surface area contributed by atoms with E-state index in [1.165, 1.54) is 12.7 Å². The number of carboxylic acids is 1. The zero-order valence-corrected chi connectivity index (χ0v) is 19.7. The predicted octanol–water partition coefficient (Wildman–Crippen LogP) is 3.09. The van der Waals surface area contributed by atoms with Gasteiger partial charge in [-0.1, -0.05) is 54.1 Å². The average Bonchev–Trinajstić information content (AvgIpc) is 3.18. The minimum absolute atomic E-state index is 0. The smallest absolute Gasteiger partial charge is 0.252 e. The van der Waals surface area contributed by atoms with Gasteiger partial charge in [-0.05, 0) is 41.8 Å². The molecule has 0 aliphatic heterocycles. The fourth-order valence-electron chi connectivity index (χ4n) is 4.27. The molecule has 1 amide bonds. The van der Waals surface area contributed by atoms with Crippen LogP contribution in [0.1, 0.15) is 32.6 Å². The Bertz CT molecular complexity index is 1160. The molecule has 3 aromatic rings. The normalized spacial score (nSPS) is 13.4. The van der Waals surface area contributed by atoms with Crippen molar-refractivity contribution in [3.8, 4) is 11.5 Å². The van der Waals surface area contributed by atoms with Crippen LogP contribution in [0, 0.1) is 14.4 Å².